The van der Waals surface area contributed by atoms with Gasteiger partial charge in [0.2, 0.25) is 0 Å². The second-order valence-electron chi connectivity index (χ2n) is 4.19. The van der Waals surface area contributed by atoms with Gasteiger partial charge < -0.3 is 4.74 Å². The highest BCUT2D eigenvalue weighted by Gasteiger charge is 2.10. The van der Waals surface area contributed by atoms with Gasteiger partial charge >= 0.3 is 0 Å². The third kappa shape index (κ3) is 2.29. The van der Waals surface area contributed by atoms with Crippen molar-refractivity contribution < 1.29 is 4.74 Å². The molecule has 2 aromatic carbocycles. The summed E-state index contributed by atoms with van der Waals surface area (Å²) in [6.45, 7) is 0. The van der Waals surface area contributed by atoms with Crippen molar-refractivity contribution in [2.75, 3.05) is 0 Å². The van der Waals surface area contributed by atoms with Crippen molar-refractivity contribution in [1.82, 2.24) is 4.98 Å². The van der Waals surface area contributed by atoms with Gasteiger partial charge in [0.25, 0.3) is 0 Å². The lowest BCUT2D eigenvalue weighted by atomic mass is 10.1. The lowest BCUT2D eigenvalue weighted by molar-refractivity contribution is 0.486. The van der Waals surface area contributed by atoms with Crippen LogP contribution < -0.4 is 4.74 Å². The molecule has 0 bridgehead atoms. The third-order valence-electron chi connectivity index (χ3n) is 2.88. The zero-order chi connectivity index (χ0) is 13.9. The van der Waals surface area contributed by atoms with Crippen LogP contribution in [0.3, 0.4) is 0 Å². The first-order chi connectivity index (χ1) is 9.78. The SMILES string of the molecule is N#Cc1cnc2ccccc2c1Oc1ccc(Cl)cc1. The van der Waals surface area contributed by atoms with Crippen LogP contribution in [0.2, 0.25) is 5.02 Å². The van der Waals surface area contributed by atoms with E-state index in [1.165, 1.54) is 6.20 Å². The highest BCUT2D eigenvalue weighted by molar-refractivity contribution is 6.30. The Morgan fingerprint density at radius 3 is 2.55 bits per heavy atom. The number of benzene rings is 2. The molecule has 0 aliphatic heterocycles. The number of fused-ring (bicyclic) bond motifs is 1. The summed E-state index contributed by atoms with van der Waals surface area (Å²) in [6, 6.07) is 16.7. The molecule has 0 atom stereocenters. The monoisotopic (exact) mass is 280 g/mol. The average Bonchev–Trinajstić information content (AvgIpc) is 2.50. The number of ether oxygens (including phenoxy) is 1. The van der Waals surface area contributed by atoms with Crippen LogP contribution in [0.25, 0.3) is 10.9 Å². The topological polar surface area (TPSA) is 45.9 Å². The first kappa shape index (κ1) is 12.5. The van der Waals surface area contributed by atoms with Crippen molar-refractivity contribution in [1.29, 1.82) is 5.26 Å². The number of pyridine rings is 1. The Morgan fingerprint density at radius 1 is 1.05 bits per heavy atom. The molecule has 0 aliphatic carbocycles. The largest absolute Gasteiger partial charge is 0.455 e. The van der Waals surface area contributed by atoms with E-state index < -0.39 is 0 Å². The van der Waals surface area contributed by atoms with Crippen LogP contribution in [0.15, 0.2) is 54.7 Å². The molecule has 0 aliphatic rings. The number of rotatable bonds is 2. The summed E-state index contributed by atoms with van der Waals surface area (Å²) in [5.41, 5.74) is 1.19. The predicted molar refractivity (Wildman–Crippen MR) is 78.0 cm³/mol. The van der Waals surface area contributed by atoms with Crippen molar-refractivity contribution >= 4 is 22.5 Å². The van der Waals surface area contributed by atoms with Crippen LogP contribution in [-0.2, 0) is 0 Å². The molecule has 0 spiro atoms. The molecule has 0 amide bonds. The Kier molecular flexibility index (Phi) is 3.24. The van der Waals surface area contributed by atoms with Gasteiger partial charge in [-0.1, -0.05) is 23.7 Å². The number of nitrogens with zero attached hydrogens (tertiary/aromatic N) is 2. The van der Waals surface area contributed by atoms with Gasteiger partial charge in [0.1, 0.15) is 17.4 Å². The summed E-state index contributed by atoms with van der Waals surface area (Å²) in [6.07, 6.45) is 1.52. The third-order valence-corrected chi connectivity index (χ3v) is 3.13. The quantitative estimate of drug-likeness (QED) is 0.691. The smallest absolute Gasteiger partial charge is 0.156 e. The summed E-state index contributed by atoms with van der Waals surface area (Å²) in [5.74, 6) is 1.14. The normalized spacial score (nSPS) is 10.2. The summed E-state index contributed by atoms with van der Waals surface area (Å²) < 4.78 is 5.85. The van der Waals surface area contributed by atoms with Crippen molar-refractivity contribution in [3.63, 3.8) is 0 Å². The molecular weight excluding hydrogens is 272 g/mol. The van der Waals surface area contributed by atoms with Crippen LogP contribution in [0.4, 0.5) is 0 Å². The van der Waals surface area contributed by atoms with E-state index in [1.54, 1.807) is 24.3 Å². The van der Waals surface area contributed by atoms with Gasteiger partial charge in [-0.2, -0.15) is 5.26 Å². The maximum Gasteiger partial charge on any atom is 0.156 e. The number of hydrogen-bond donors (Lipinski definition) is 0. The van der Waals surface area contributed by atoms with Gasteiger partial charge in [0.05, 0.1) is 5.52 Å². The standard InChI is InChI=1S/C16H9ClN2O/c17-12-5-7-13(8-6-12)20-16-11(9-18)10-19-15-4-2-1-3-14(15)16/h1-8,10H. The van der Waals surface area contributed by atoms with E-state index in [-0.39, 0.29) is 0 Å². The van der Waals surface area contributed by atoms with Crippen molar-refractivity contribution in [3.05, 3.63) is 65.3 Å². The zero-order valence-corrected chi connectivity index (χ0v) is 11.1. The number of para-hydroxylation sites is 1. The molecule has 0 unspecified atom stereocenters. The van der Waals surface area contributed by atoms with Gasteiger partial charge in [-0.25, -0.2) is 0 Å². The van der Waals surface area contributed by atoms with Gasteiger partial charge in [-0.05, 0) is 36.4 Å². The Balaban J connectivity index is 2.14. The molecule has 0 fully saturated rings. The number of nitriles is 1. The Hall–Kier alpha value is -2.57. The molecule has 3 aromatic rings. The van der Waals surface area contributed by atoms with E-state index in [4.69, 9.17) is 16.3 Å². The van der Waals surface area contributed by atoms with Crippen molar-refractivity contribution in [2.24, 2.45) is 0 Å². The number of aromatic nitrogens is 1. The molecule has 0 saturated carbocycles. The van der Waals surface area contributed by atoms with Crippen LogP contribution in [0.5, 0.6) is 11.5 Å². The fraction of sp³-hybridized carbons (Fsp3) is 0. The summed E-state index contributed by atoms with van der Waals surface area (Å²) in [5, 5.41) is 10.7. The Bertz CT molecular complexity index is 807. The van der Waals surface area contributed by atoms with E-state index in [9.17, 15) is 5.26 Å². The second-order valence-corrected chi connectivity index (χ2v) is 4.62. The van der Waals surface area contributed by atoms with Crippen LogP contribution in [0, 0.1) is 11.3 Å². The molecule has 3 rings (SSSR count). The van der Waals surface area contributed by atoms with Crippen LogP contribution in [0.1, 0.15) is 5.56 Å². The Morgan fingerprint density at radius 2 is 1.80 bits per heavy atom. The van der Waals surface area contributed by atoms with Gasteiger partial charge in [0.15, 0.2) is 5.75 Å². The zero-order valence-electron chi connectivity index (χ0n) is 10.4. The van der Waals surface area contributed by atoms with E-state index in [0.717, 1.165) is 10.9 Å². The van der Waals surface area contributed by atoms with Crippen LogP contribution >= 0.6 is 11.6 Å². The molecule has 20 heavy (non-hydrogen) atoms. The fourth-order valence-corrected chi connectivity index (χ4v) is 2.05. The number of halogens is 1. The molecule has 3 nitrogen and oxygen atoms in total. The molecule has 0 N–H and O–H groups in total. The molecule has 96 valence electrons. The van der Waals surface area contributed by atoms with Crippen LogP contribution in [-0.4, -0.2) is 4.98 Å². The van der Waals surface area contributed by atoms with E-state index in [2.05, 4.69) is 11.1 Å². The highest BCUT2D eigenvalue weighted by atomic mass is 35.5. The minimum Gasteiger partial charge on any atom is -0.455 e. The molecule has 1 heterocycles. The summed E-state index contributed by atoms with van der Waals surface area (Å²) in [7, 11) is 0. The highest BCUT2D eigenvalue weighted by Crippen LogP contribution is 2.32. The molecule has 0 radical (unpaired) electrons. The molecule has 1 aromatic heterocycles. The average molecular weight is 281 g/mol. The minimum atomic E-state index is 0.402. The maximum absolute atomic E-state index is 9.21. The second kappa shape index (κ2) is 5.20. The van der Waals surface area contributed by atoms with Crippen molar-refractivity contribution in [3.8, 4) is 17.6 Å². The summed E-state index contributed by atoms with van der Waals surface area (Å²) >= 11 is 5.85. The van der Waals surface area contributed by atoms with Gasteiger partial charge in [-0.3, -0.25) is 4.98 Å². The molecule has 4 heteroatoms. The lowest BCUT2D eigenvalue weighted by Gasteiger charge is -2.10. The first-order valence-electron chi connectivity index (χ1n) is 5.99. The molecule has 0 saturated heterocycles. The summed E-state index contributed by atoms with van der Waals surface area (Å²) in [4.78, 5) is 4.24. The lowest BCUT2D eigenvalue weighted by Crippen LogP contribution is -1.92. The first-order valence-corrected chi connectivity index (χ1v) is 6.37. The van der Waals surface area contributed by atoms with Gasteiger partial charge in [-0.15, -0.1) is 0 Å². The predicted octanol–water partition coefficient (Wildman–Crippen LogP) is 4.55. The van der Waals surface area contributed by atoms with E-state index >= 15 is 0 Å². The van der Waals surface area contributed by atoms with E-state index in [1.807, 2.05) is 24.3 Å². The minimum absolute atomic E-state index is 0.402. The Labute approximate surface area is 121 Å². The van der Waals surface area contributed by atoms with Gasteiger partial charge in [0, 0.05) is 16.6 Å². The fourth-order valence-electron chi connectivity index (χ4n) is 1.93. The number of hydrogen-bond acceptors (Lipinski definition) is 3. The van der Waals surface area contributed by atoms with Crippen molar-refractivity contribution in [2.45, 2.75) is 0 Å². The van der Waals surface area contributed by atoms with E-state index in [0.29, 0.717) is 22.1 Å². The molecular formula is C16H9ClN2O. The maximum atomic E-state index is 9.21.